The molecular formula is C16H34N2O3Si. The molecule has 0 spiro atoms. The van der Waals surface area contributed by atoms with Gasteiger partial charge in [0.25, 0.3) is 0 Å². The minimum Gasteiger partial charge on any atom is -0.465 e. The highest BCUT2D eigenvalue weighted by Crippen LogP contribution is 2.36. The first-order valence-corrected chi connectivity index (χ1v) is 11.4. The minimum absolute atomic E-state index is 0.117. The average molecular weight is 331 g/mol. The van der Waals surface area contributed by atoms with Crippen LogP contribution in [0.2, 0.25) is 18.1 Å². The second-order valence-electron chi connectivity index (χ2n) is 7.88. The summed E-state index contributed by atoms with van der Waals surface area (Å²) < 4.78 is 6.21. The van der Waals surface area contributed by atoms with Gasteiger partial charge in [-0.1, -0.05) is 20.8 Å². The van der Waals surface area contributed by atoms with Crippen LogP contribution in [0, 0.1) is 0 Å². The van der Waals surface area contributed by atoms with Crippen molar-refractivity contribution >= 4 is 14.4 Å². The van der Waals surface area contributed by atoms with Gasteiger partial charge in [-0.25, -0.2) is 4.79 Å². The second-order valence-corrected chi connectivity index (χ2v) is 12.7. The smallest absolute Gasteiger partial charge is 0.404 e. The van der Waals surface area contributed by atoms with Crippen molar-refractivity contribution in [1.82, 2.24) is 10.2 Å². The van der Waals surface area contributed by atoms with Crippen LogP contribution >= 0.6 is 0 Å². The zero-order valence-corrected chi connectivity index (χ0v) is 15.9. The van der Waals surface area contributed by atoms with Gasteiger partial charge in [0.05, 0.1) is 0 Å². The van der Waals surface area contributed by atoms with Crippen molar-refractivity contribution in [2.24, 2.45) is 0 Å². The van der Waals surface area contributed by atoms with E-state index < -0.39 is 14.4 Å². The maximum atomic E-state index is 10.7. The highest BCUT2D eigenvalue weighted by molar-refractivity contribution is 6.74. The van der Waals surface area contributed by atoms with E-state index in [9.17, 15) is 4.79 Å². The largest absolute Gasteiger partial charge is 0.465 e. The van der Waals surface area contributed by atoms with Crippen LogP contribution in [0.5, 0.6) is 0 Å². The van der Waals surface area contributed by atoms with Crippen molar-refractivity contribution in [3.8, 4) is 0 Å². The number of nitrogens with zero attached hydrogens (tertiary/aromatic N) is 1. The summed E-state index contributed by atoms with van der Waals surface area (Å²) in [7, 11) is -1.62. The molecule has 2 N–H and O–H groups in total. The van der Waals surface area contributed by atoms with E-state index in [4.69, 9.17) is 9.53 Å². The van der Waals surface area contributed by atoms with Gasteiger partial charge in [-0.3, -0.25) is 0 Å². The van der Waals surface area contributed by atoms with Crippen LogP contribution in [0.4, 0.5) is 4.79 Å². The van der Waals surface area contributed by atoms with Crippen LogP contribution in [-0.2, 0) is 4.43 Å². The highest BCUT2D eigenvalue weighted by Gasteiger charge is 2.36. The van der Waals surface area contributed by atoms with Gasteiger partial charge < -0.3 is 19.7 Å². The molecule has 1 unspecified atom stereocenters. The van der Waals surface area contributed by atoms with Crippen LogP contribution in [0.3, 0.4) is 0 Å². The van der Waals surface area contributed by atoms with E-state index in [2.05, 4.69) is 44.1 Å². The van der Waals surface area contributed by atoms with Crippen LogP contribution in [-0.4, -0.2) is 56.7 Å². The van der Waals surface area contributed by atoms with Gasteiger partial charge in [-0.2, -0.15) is 0 Å². The monoisotopic (exact) mass is 330 g/mol. The van der Waals surface area contributed by atoms with Crippen molar-refractivity contribution < 1.29 is 14.3 Å². The number of likely N-dealkylation sites (tertiary alicyclic amines) is 1. The molecule has 5 nitrogen and oxygen atoms in total. The van der Waals surface area contributed by atoms with E-state index in [-0.39, 0.29) is 11.1 Å². The molecule has 1 aliphatic heterocycles. The average Bonchev–Trinajstić information content (AvgIpc) is 2.58. The lowest BCUT2D eigenvalue weighted by molar-refractivity contribution is 0.188. The van der Waals surface area contributed by atoms with Crippen molar-refractivity contribution in [2.45, 2.75) is 70.6 Å². The molecule has 1 rings (SSSR count). The molecule has 0 aromatic rings. The quantitative estimate of drug-likeness (QED) is 0.578. The normalized spacial score (nSPS) is 21.4. The highest BCUT2D eigenvalue weighted by atomic mass is 28.4. The van der Waals surface area contributed by atoms with E-state index in [1.807, 2.05) is 0 Å². The number of carboxylic acid groups (broad SMARTS) is 1. The first-order chi connectivity index (χ1) is 10.1. The van der Waals surface area contributed by atoms with Gasteiger partial charge in [-0.05, 0) is 50.4 Å². The predicted molar refractivity (Wildman–Crippen MR) is 93.0 cm³/mol. The fourth-order valence-corrected chi connectivity index (χ4v) is 3.62. The second kappa shape index (κ2) is 8.31. The summed E-state index contributed by atoms with van der Waals surface area (Å²) in [5, 5.41) is 11.7. The number of amides is 1. The molecule has 6 heteroatoms. The molecule has 0 radical (unpaired) electrons. The molecule has 22 heavy (non-hydrogen) atoms. The lowest BCUT2D eigenvalue weighted by Crippen LogP contribution is -2.41. The SMILES string of the molecule is CC(C)(C)[Si](C)(C)OCCCN1CCCC(NC(=O)O)CC1. The Hall–Kier alpha value is -0.593. The lowest BCUT2D eigenvalue weighted by Gasteiger charge is -2.36. The van der Waals surface area contributed by atoms with E-state index in [0.29, 0.717) is 0 Å². The van der Waals surface area contributed by atoms with Crippen molar-refractivity contribution in [3.63, 3.8) is 0 Å². The van der Waals surface area contributed by atoms with Gasteiger partial charge in [0.15, 0.2) is 8.32 Å². The summed E-state index contributed by atoms with van der Waals surface area (Å²) >= 11 is 0. The Bertz CT molecular complexity index is 356. The fourth-order valence-electron chi connectivity index (χ4n) is 2.53. The summed E-state index contributed by atoms with van der Waals surface area (Å²) in [6, 6.07) is 0.117. The third-order valence-electron chi connectivity index (χ3n) is 5.04. The van der Waals surface area contributed by atoms with Gasteiger partial charge in [0.2, 0.25) is 0 Å². The third kappa shape index (κ3) is 6.67. The molecule has 0 bridgehead atoms. The molecule has 1 amide bonds. The van der Waals surface area contributed by atoms with Gasteiger partial charge in [-0.15, -0.1) is 0 Å². The Balaban J connectivity index is 2.24. The fraction of sp³-hybridized carbons (Fsp3) is 0.938. The Labute approximate surface area is 136 Å². The van der Waals surface area contributed by atoms with Gasteiger partial charge >= 0.3 is 6.09 Å². The molecule has 0 aromatic carbocycles. The molecule has 1 aliphatic rings. The number of nitrogens with one attached hydrogen (secondary N) is 1. The van der Waals surface area contributed by atoms with E-state index in [1.165, 1.54) is 0 Å². The first-order valence-electron chi connectivity index (χ1n) is 8.47. The summed E-state index contributed by atoms with van der Waals surface area (Å²) in [6.07, 6.45) is 3.08. The Morgan fingerprint density at radius 2 is 2.00 bits per heavy atom. The Morgan fingerprint density at radius 1 is 1.32 bits per heavy atom. The first kappa shape index (κ1) is 19.5. The molecule has 0 aliphatic carbocycles. The van der Waals surface area contributed by atoms with Gasteiger partial charge in [0.1, 0.15) is 0 Å². The maximum Gasteiger partial charge on any atom is 0.404 e. The predicted octanol–water partition coefficient (Wildman–Crippen LogP) is 3.52. The molecule has 1 heterocycles. The summed E-state index contributed by atoms with van der Waals surface area (Å²) in [5.74, 6) is 0. The molecule has 1 fully saturated rings. The minimum atomic E-state index is -1.62. The van der Waals surface area contributed by atoms with Crippen LogP contribution in [0.15, 0.2) is 0 Å². The summed E-state index contributed by atoms with van der Waals surface area (Å²) in [6.45, 7) is 15.3. The molecular weight excluding hydrogens is 296 g/mol. The van der Waals surface area contributed by atoms with Crippen LogP contribution in [0.1, 0.15) is 46.5 Å². The summed E-state index contributed by atoms with van der Waals surface area (Å²) in [5.41, 5.74) is 0. The zero-order valence-electron chi connectivity index (χ0n) is 14.9. The number of hydrogen-bond donors (Lipinski definition) is 2. The van der Waals surface area contributed by atoms with Gasteiger partial charge in [0, 0.05) is 25.7 Å². The number of carbonyl (C=O) groups is 1. The molecule has 0 aromatic heterocycles. The third-order valence-corrected chi connectivity index (χ3v) is 9.57. The van der Waals surface area contributed by atoms with Crippen LogP contribution < -0.4 is 5.32 Å². The Morgan fingerprint density at radius 3 is 2.59 bits per heavy atom. The molecule has 1 saturated heterocycles. The van der Waals surface area contributed by atoms with Crippen molar-refractivity contribution in [2.75, 3.05) is 26.2 Å². The standard InChI is InChI=1S/C16H34N2O3Si/c1-16(2,3)22(4,5)21-13-7-11-18-10-6-8-14(9-12-18)17-15(19)20/h14,17H,6-13H2,1-5H3,(H,19,20). The van der Waals surface area contributed by atoms with E-state index >= 15 is 0 Å². The summed E-state index contributed by atoms with van der Waals surface area (Å²) in [4.78, 5) is 13.2. The molecule has 1 atom stereocenters. The topological polar surface area (TPSA) is 61.8 Å². The number of rotatable bonds is 6. The van der Waals surface area contributed by atoms with Crippen molar-refractivity contribution in [3.05, 3.63) is 0 Å². The number of hydrogen-bond acceptors (Lipinski definition) is 3. The zero-order chi connectivity index (χ0) is 16.8. The maximum absolute atomic E-state index is 10.7. The van der Waals surface area contributed by atoms with E-state index in [0.717, 1.165) is 51.9 Å². The molecule has 130 valence electrons. The molecule has 0 saturated carbocycles. The van der Waals surface area contributed by atoms with Crippen molar-refractivity contribution in [1.29, 1.82) is 0 Å². The van der Waals surface area contributed by atoms with Crippen LogP contribution in [0.25, 0.3) is 0 Å². The lowest BCUT2D eigenvalue weighted by atomic mass is 10.1. The Kier molecular flexibility index (Phi) is 7.35. The van der Waals surface area contributed by atoms with E-state index in [1.54, 1.807) is 0 Å².